The summed E-state index contributed by atoms with van der Waals surface area (Å²) in [7, 11) is 3.35. The third kappa shape index (κ3) is 3.71. The molecule has 0 aromatic carbocycles. The zero-order valence-corrected chi connectivity index (χ0v) is 10.5. The number of hydrogen-bond acceptors (Lipinski definition) is 4. The van der Waals surface area contributed by atoms with E-state index in [9.17, 15) is 4.79 Å². The summed E-state index contributed by atoms with van der Waals surface area (Å²) in [5.74, 6) is 0.213. The topological polar surface area (TPSA) is 68.5 Å². The van der Waals surface area contributed by atoms with Crippen molar-refractivity contribution in [3.63, 3.8) is 0 Å². The van der Waals surface area contributed by atoms with Crippen molar-refractivity contribution in [3.8, 4) is 0 Å². The Morgan fingerprint density at radius 3 is 2.94 bits per heavy atom. The van der Waals surface area contributed by atoms with E-state index in [1.807, 2.05) is 6.92 Å². The van der Waals surface area contributed by atoms with E-state index in [-0.39, 0.29) is 11.8 Å². The molecule has 94 valence electrons. The molecule has 0 aliphatic carbocycles. The van der Waals surface area contributed by atoms with Gasteiger partial charge in [0.1, 0.15) is 0 Å². The Morgan fingerprint density at radius 2 is 2.35 bits per heavy atom. The standard InChI is InChI=1S/C12H19N3O2/c1-9(8-17-3)6-12(16)15(2)11-4-5-14-7-10(11)13/h4-5,7,9H,6,8,13H2,1-3H3. The second-order valence-electron chi connectivity index (χ2n) is 4.15. The molecule has 0 saturated heterocycles. The maximum absolute atomic E-state index is 12.0. The molecule has 1 aromatic rings. The van der Waals surface area contributed by atoms with Gasteiger partial charge in [0.25, 0.3) is 0 Å². The molecule has 1 heterocycles. The van der Waals surface area contributed by atoms with Gasteiger partial charge in [-0.3, -0.25) is 9.78 Å². The highest BCUT2D eigenvalue weighted by Crippen LogP contribution is 2.21. The van der Waals surface area contributed by atoms with Crippen LogP contribution in [0.1, 0.15) is 13.3 Å². The van der Waals surface area contributed by atoms with Crippen LogP contribution in [0.15, 0.2) is 18.5 Å². The van der Waals surface area contributed by atoms with Gasteiger partial charge in [-0.25, -0.2) is 0 Å². The number of carbonyl (C=O) groups excluding carboxylic acids is 1. The first kappa shape index (κ1) is 13.4. The lowest BCUT2D eigenvalue weighted by atomic mass is 10.1. The molecule has 2 N–H and O–H groups in total. The number of carbonyl (C=O) groups is 1. The molecule has 1 unspecified atom stereocenters. The minimum Gasteiger partial charge on any atom is -0.396 e. The molecular weight excluding hydrogens is 218 g/mol. The van der Waals surface area contributed by atoms with E-state index in [1.54, 1.807) is 31.3 Å². The van der Waals surface area contributed by atoms with Crippen molar-refractivity contribution in [2.45, 2.75) is 13.3 Å². The maximum atomic E-state index is 12.0. The molecule has 0 radical (unpaired) electrons. The first-order valence-corrected chi connectivity index (χ1v) is 5.51. The average molecular weight is 237 g/mol. The summed E-state index contributed by atoms with van der Waals surface area (Å²) >= 11 is 0. The SMILES string of the molecule is COCC(C)CC(=O)N(C)c1ccncc1N. The van der Waals surface area contributed by atoms with Gasteiger partial charge in [-0.15, -0.1) is 0 Å². The summed E-state index contributed by atoms with van der Waals surface area (Å²) < 4.78 is 5.01. The molecule has 1 atom stereocenters. The van der Waals surface area contributed by atoms with Crippen LogP contribution in [0.3, 0.4) is 0 Å². The van der Waals surface area contributed by atoms with Gasteiger partial charge in [-0.2, -0.15) is 0 Å². The summed E-state index contributed by atoms with van der Waals surface area (Å²) in [6, 6.07) is 1.73. The van der Waals surface area contributed by atoms with Gasteiger partial charge >= 0.3 is 0 Å². The van der Waals surface area contributed by atoms with Crippen LogP contribution in [0.5, 0.6) is 0 Å². The Kier molecular flexibility index (Phi) is 4.90. The fraction of sp³-hybridized carbons (Fsp3) is 0.500. The Balaban J connectivity index is 2.67. The highest BCUT2D eigenvalue weighted by Gasteiger charge is 2.16. The third-order valence-corrected chi connectivity index (χ3v) is 2.54. The molecule has 1 aromatic heterocycles. The summed E-state index contributed by atoms with van der Waals surface area (Å²) in [4.78, 5) is 17.4. The third-order valence-electron chi connectivity index (χ3n) is 2.54. The Morgan fingerprint density at radius 1 is 1.65 bits per heavy atom. The van der Waals surface area contributed by atoms with Gasteiger partial charge in [-0.05, 0) is 12.0 Å². The molecule has 0 bridgehead atoms. The summed E-state index contributed by atoms with van der Waals surface area (Å²) in [5.41, 5.74) is 6.96. The Labute approximate surface area is 102 Å². The Hall–Kier alpha value is -1.62. The first-order valence-electron chi connectivity index (χ1n) is 5.51. The quantitative estimate of drug-likeness (QED) is 0.838. The zero-order chi connectivity index (χ0) is 12.8. The lowest BCUT2D eigenvalue weighted by Crippen LogP contribution is -2.29. The molecular formula is C12H19N3O2. The fourth-order valence-electron chi connectivity index (χ4n) is 1.62. The van der Waals surface area contributed by atoms with Crippen LogP contribution in [0.25, 0.3) is 0 Å². The van der Waals surface area contributed by atoms with Gasteiger partial charge in [-0.1, -0.05) is 6.92 Å². The predicted octanol–water partition coefficient (Wildman–Crippen LogP) is 1.30. The van der Waals surface area contributed by atoms with Gasteiger partial charge in [0.15, 0.2) is 0 Å². The molecule has 0 aliphatic rings. The molecule has 0 saturated carbocycles. The van der Waals surface area contributed by atoms with Crippen LogP contribution in [-0.4, -0.2) is 31.7 Å². The smallest absolute Gasteiger partial charge is 0.227 e. The van der Waals surface area contributed by atoms with Crippen molar-refractivity contribution in [1.82, 2.24) is 4.98 Å². The van der Waals surface area contributed by atoms with E-state index in [0.717, 1.165) is 0 Å². The lowest BCUT2D eigenvalue weighted by molar-refractivity contribution is -0.119. The van der Waals surface area contributed by atoms with Crippen LogP contribution >= 0.6 is 0 Å². The largest absolute Gasteiger partial charge is 0.396 e. The van der Waals surface area contributed by atoms with Crippen LogP contribution in [0.4, 0.5) is 11.4 Å². The molecule has 0 aliphatic heterocycles. The van der Waals surface area contributed by atoms with E-state index < -0.39 is 0 Å². The number of rotatable bonds is 5. The summed E-state index contributed by atoms with van der Waals surface area (Å²) in [6.45, 7) is 2.55. The number of anilines is 2. The number of hydrogen-bond donors (Lipinski definition) is 1. The number of ether oxygens (including phenoxy) is 1. The maximum Gasteiger partial charge on any atom is 0.227 e. The van der Waals surface area contributed by atoms with Crippen molar-refractivity contribution in [2.75, 3.05) is 31.4 Å². The molecule has 17 heavy (non-hydrogen) atoms. The van der Waals surface area contributed by atoms with Crippen molar-refractivity contribution in [1.29, 1.82) is 0 Å². The predicted molar refractivity (Wildman–Crippen MR) is 67.7 cm³/mol. The summed E-state index contributed by atoms with van der Waals surface area (Å²) in [5, 5.41) is 0. The van der Waals surface area contributed by atoms with Crippen LogP contribution in [0, 0.1) is 5.92 Å². The molecule has 5 nitrogen and oxygen atoms in total. The van der Waals surface area contributed by atoms with Crippen LogP contribution < -0.4 is 10.6 Å². The molecule has 1 amide bonds. The van der Waals surface area contributed by atoms with E-state index in [0.29, 0.717) is 24.4 Å². The van der Waals surface area contributed by atoms with E-state index >= 15 is 0 Å². The number of nitrogens with two attached hydrogens (primary N) is 1. The highest BCUT2D eigenvalue weighted by molar-refractivity contribution is 5.95. The molecule has 1 rings (SSSR count). The average Bonchev–Trinajstić information content (AvgIpc) is 2.29. The van der Waals surface area contributed by atoms with E-state index in [1.165, 1.54) is 6.20 Å². The van der Waals surface area contributed by atoms with Crippen molar-refractivity contribution < 1.29 is 9.53 Å². The van der Waals surface area contributed by atoms with Gasteiger partial charge in [0, 0.05) is 33.4 Å². The fourth-order valence-corrected chi connectivity index (χ4v) is 1.62. The van der Waals surface area contributed by atoms with Crippen LogP contribution in [-0.2, 0) is 9.53 Å². The van der Waals surface area contributed by atoms with Gasteiger partial charge in [0.05, 0.1) is 17.6 Å². The highest BCUT2D eigenvalue weighted by atomic mass is 16.5. The normalized spacial score (nSPS) is 12.2. The molecule has 5 heteroatoms. The number of amides is 1. The van der Waals surface area contributed by atoms with Crippen LogP contribution in [0.2, 0.25) is 0 Å². The molecule has 0 fully saturated rings. The number of nitrogen functional groups attached to an aromatic ring is 1. The number of pyridine rings is 1. The van der Waals surface area contributed by atoms with Crippen molar-refractivity contribution >= 4 is 17.3 Å². The second kappa shape index (κ2) is 6.20. The number of aromatic nitrogens is 1. The monoisotopic (exact) mass is 237 g/mol. The minimum absolute atomic E-state index is 0.0208. The Bertz CT molecular complexity index is 382. The first-order chi connectivity index (χ1) is 8.06. The van der Waals surface area contributed by atoms with Crippen molar-refractivity contribution in [2.24, 2.45) is 5.92 Å². The van der Waals surface area contributed by atoms with Gasteiger partial charge in [0.2, 0.25) is 5.91 Å². The van der Waals surface area contributed by atoms with Gasteiger partial charge < -0.3 is 15.4 Å². The summed E-state index contributed by atoms with van der Waals surface area (Å²) in [6.07, 6.45) is 3.60. The molecule has 0 spiro atoms. The lowest BCUT2D eigenvalue weighted by Gasteiger charge is -2.20. The van der Waals surface area contributed by atoms with E-state index in [4.69, 9.17) is 10.5 Å². The van der Waals surface area contributed by atoms with E-state index in [2.05, 4.69) is 4.98 Å². The number of methoxy groups -OCH3 is 1. The minimum atomic E-state index is 0.0208. The second-order valence-corrected chi connectivity index (χ2v) is 4.15. The zero-order valence-electron chi connectivity index (χ0n) is 10.5. The van der Waals surface area contributed by atoms with Crippen molar-refractivity contribution in [3.05, 3.63) is 18.5 Å². The number of nitrogens with zero attached hydrogens (tertiary/aromatic N) is 2.